The summed E-state index contributed by atoms with van der Waals surface area (Å²) in [4.78, 5) is 11.8. The number of hydrogen-bond acceptors (Lipinski definition) is 2. The summed E-state index contributed by atoms with van der Waals surface area (Å²) in [5.41, 5.74) is -0.172. The topological polar surface area (TPSA) is 38.3 Å². The average Bonchev–Trinajstić information content (AvgIpc) is 2.98. The van der Waals surface area contributed by atoms with Crippen molar-refractivity contribution in [3.05, 3.63) is 24.3 Å². The average molecular weight is 265 g/mol. The fourth-order valence-electron chi connectivity index (χ4n) is 1.72. The number of amides is 1. The molecule has 1 amide bonds. The van der Waals surface area contributed by atoms with Crippen molar-refractivity contribution in [2.75, 3.05) is 11.9 Å². The Morgan fingerprint density at radius 1 is 1.47 bits per heavy atom. The summed E-state index contributed by atoms with van der Waals surface area (Å²) in [7, 11) is 0. The minimum Gasteiger partial charge on any atom is -0.493 e. The third kappa shape index (κ3) is 3.25. The molecule has 2 atom stereocenters. The molecule has 0 bridgehead atoms. The smallest absolute Gasteiger partial charge is 0.233 e. The quantitative estimate of drug-likeness (QED) is 0.886. The van der Waals surface area contributed by atoms with Crippen molar-refractivity contribution < 1.29 is 13.9 Å². The minimum atomic E-state index is -1.01. The number of benzene rings is 1. The summed E-state index contributed by atoms with van der Waals surface area (Å²) in [5.74, 6) is 0.985. The Morgan fingerprint density at radius 3 is 2.53 bits per heavy atom. The fourth-order valence-corrected chi connectivity index (χ4v) is 1.72. The highest BCUT2D eigenvalue weighted by Crippen LogP contribution is 2.48. The Kier molecular flexibility index (Phi) is 3.78. The van der Waals surface area contributed by atoms with Gasteiger partial charge in [-0.05, 0) is 43.5 Å². The van der Waals surface area contributed by atoms with Gasteiger partial charge in [-0.3, -0.25) is 4.79 Å². The lowest BCUT2D eigenvalue weighted by Crippen LogP contribution is -2.23. The lowest BCUT2D eigenvalue weighted by atomic mass is 10.1. The van der Waals surface area contributed by atoms with Gasteiger partial charge in [0.25, 0.3) is 0 Å². The summed E-state index contributed by atoms with van der Waals surface area (Å²) < 4.78 is 18.6. The molecule has 1 fully saturated rings. The second-order valence-corrected chi connectivity index (χ2v) is 5.77. The van der Waals surface area contributed by atoms with E-state index < -0.39 is 11.6 Å². The molecule has 1 saturated carbocycles. The maximum absolute atomic E-state index is 13.1. The van der Waals surface area contributed by atoms with E-state index in [1.165, 1.54) is 0 Å². The lowest BCUT2D eigenvalue weighted by molar-refractivity contribution is -0.121. The Morgan fingerprint density at radius 2 is 2.05 bits per heavy atom. The number of anilines is 1. The Labute approximate surface area is 113 Å². The van der Waals surface area contributed by atoms with Crippen molar-refractivity contribution >= 4 is 11.6 Å². The first-order valence-electron chi connectivity index (χ1n) is 6.60. The highest BCUT2D eigenvalue weighted by molar-refractivity contribution is 5.97. The van der Waals surface area contributed by atoms with E-state index in [1.807, 2.05) is 0 Å². The van der Waals surface area contributed by atoms with Gasteiger partial charge in [-0.15, -0.1) is 0 Å². The van der Waals surface area contributed by atoms with Gasteiger partial charge in [-0.1, -0.05) is 13.8 Å². The zero-order chi connectivity index (χ0) is 14.0. The summed E-state index contributed by atoms with van der Waals surface area (Å²) in [6, 6.07) is 7.15. The van der Waals surface area contributed by atoms with Crippen LogP contribution in [0, 0.1) is 11.3 Å². The third-order valence-corrected chi connectivity index (χ3v) is 3.35. The van der Waals surface area contributed by atoms with Crippen molar-refractivity contribution in [2.45, 2.75) is 33.4 Å². The summed E-state index contributed by atoms with van der Waals surface area (Å²) in [6.45, 7) is 6.47. The number of carbonyl (C=O) groups is 1. The number of ether oxygens (including phenoxy) is 1. The van der Waals surface area contributed by atoms with Gasteiger partial charge in [0.15, 0.2) is 0 Å². The second kappa shape index (κ2) is 5.19. The molecule has 0 spiro atoms. The molecule has 1 N–H and O–H groups in total. The van der Waals surface area contributed by atoms with E-state index in [2.05, 4.69) is 19.2 Å². The molecular weight excluding hydrogens is 245 g/mol. The molecule has 1 aromatic rings. The zero-order valence-corrected chi connectivity index (χ0v) is 11.6. The van der Waals surface area contributed by atoms with Crippen LogP contribution < -0.4 is 10.1 Å². The van der Waals surface area contributed by atoms with E-state index in [4.69, 9.17) is 4.74 Å². The molecule has 1 aliphatic carbocycles. The van der Waals surface area contributed by atoms with Crippen LogP contribution >= 0.6 is 0 Å². The van der Waals surface area contributed by atoms with Crippen molar-refractivity contribution in [1.82, 2.24) is 0 Å². The standard InChI is InChI=1S/C15H20FNO2/c1-10(2)9-19-12-6-4-11(5-7-12)17-14(18)15(3)8-13(15)16/h4-7,10,13H,8-9H2,1-3H3,(H,17,18). The number of alkyl halides is 1. The molecule has 1 aromatic carbocycles. The van der Waals surface area contributed by atoms with Crippen LogP contribution in [-0.2, 0) is 4.79 Å². The van der Waals surface area contributed by atoms with Gasteiger partial charge in [0.2, 0.25) is 5.91 Å². The Hall–Kier alpha value is -1.58. The Balaban J connectivity index is 1.90. The highest BCUT2D eigenvalue weighted by atomic mass is 19.1. The SMILES string of the molecule is CC(C)COc1ccc(NC(=O)C2(C)CC2F)cc1. The van der Waals surface area contributed by atoms with Gasteiger partial charge < -0.3 is 10.1 Å². The number of halogens is 1. The van der Waals surface area contributed by atoms with Crippen LogP contribution in [0.2, 0.25) is 0 Å². The molecule has 2 unspecified atom stereocenters. The van der Waals surface area contributed by atoms with E-state index in [-0.39, 0.29) is 5.91 Å². The van der Waals surface area contributed by atoms with Gasteiger partial charge in [-0.25, -0.2) is 4.39 Å². The summed E-state index contributed by atoms with van der Waals surface area (Å²) >= 11 is 0. The monoisotopic (exact) mass is 265 g/mol. The minimum absolute atomic E-state index is 0.254. The number of nitrogens with one attached hydrogen (secondary N) is 1. The van der Waals surface area contributed by atoms with Crippen molar-refractivity contribution in [2.24, 2.45) is 11.3 Å². The molecule has 0 heterocycles. The predicted octanol–water partition coefficient (Wildman–Crippen LogP) is 3.41. The molecule has 1 aliphatic rings. The molecule has 19 heavy (non-hydrogen) atoms. The number of hydrogen-bond donors (Lipinski definition) is 1. The Bertz CT molecular complexity index is 458. The van der Waals surface area contributed by atoms with E-state index in [9.17, 15) is 9.18 Å². The molecule has 4 heteroatoms. The fraction of sp³-hybridized carbons (Fsp3) is 0.533. The maximum Gasteiger partial charge on any atom is 0.233 e. The van der Waals surface area contributed by atoms with E-state index in [1.54, 1.807) is 31.2 Å². The molecule has 2 rings (SSSR count). The zero-order valence-electron chi connectivity index (χ0n) is 11.6. The summed E-state index contributed by atoms with van der Waals surface area (Å²) in [5, 5.41) is 2.73. The molecule has 104 valence electrons. The molecular formula is C15H20FNO2. The van der Waals surface area contributed by atoms with Gasteiger partial charge >= 0.3 is 0 Å². The van der Waals surface area contributed by atoms with Crippen LogP contribution in [-0.4, -0.2) is 18.7 Å². The van der Waals surface area contributed by atoms with Crippen LogP contribution in [0.4, 0.5) is 10.1 Å². The van der Waals surface area contributed by atoms with E-state index in [0.29, 0.717) is 24.6 Å². The van der Waals surface area contributed by atoms with Gasteiger partial charge in [0.05, 0.1) is 12.0 Å². The number of rotatable bonds is 5. The first-order chi connectivity index (χ1) is 8.91. The highest BCUT2D eigenvalue weighted by Gasteiger charge is 2.57. The van der Waals surface area contributed by atoms with Crippen LogP contribution in [0.5, 0.6) is 5.75 Å². The van der Waals surface area contributed by atoms with Crippen molar-refractivity contribution in [1.29, 1.82) is 0 Å². The normalized spacial score (nSPS) is 25.2. The first kappa shape index (κ1) is 13.8. The van der Waals surface area contributed by atoms with Crippen LogP contribution in [0.3, 0.4) is 0 Å². The number of carbonyl (C=O) groups excluding carboxylic acids is 1. The van der Waals surface area contributed by atoms with Crippen LogP contribution in [0.15, 0.2) is 24.3 Å². The van der Waals surface area contributed by atoms with E-state index >= 15 is 0 Å². The molecule has 3 nitrogen and oxygen atoms in total. The van der Waals surface area contributed by atoms with Gasteiger partial charge in [-0.2, -0.15) is 0 Å². The third-order valence-electron chi connectivity index (χ3n) is 3.35. The van der Waals surface area contributed by atoms with Crippen LogP contribution in [0.1, 0.15) is 27.2 Å². The summed E-state index contributed by atoms with van der Waals surface area (Å²) in [6.07, 6.45) is -0.699. The largest absolute Gasteiger partial charge is 0.493 e. The molecule has 0 aromatic heterocycles. The molecule has 0 saturated heterocycles. The van der Waals surface area contributed by atoms with Crippen molar-refractivity contribution in [3.63, 3.8) is 0 Å². The maximum atomic E-state index is 13.1. The molecule has 0 aliphatic heterocycles. The molecule has 0 radical (unpaired) electrons. The van der Waals surface area contributed by atoms with E-state index in [0.717, 1.165) is 5.75 Å². The lowest BCUT2D eigenvalue weighted by Gasteiger charge is -2.12. The van der Waals surface area contributed by atoms with Crippen LogP contribution in [0.25, 0.3) is 0 Å². The predicted molar refractivity (Wildman–Crippen MR) is 73.0 cm³/mol. The van der Waals surface area contributed by atoms with Gasteiger partial charge in [0, 0.05) is 5.69 Å². The second-order valence-electron chi connectivity index (χ2n) is 5.77. The first-order valence-corrected chi connectivity index (χ1v) is 6.60. The van der Waals surface area contributed by atoms with Crippen molar-refractivity contribution in [3.8, 4) is 5.75 Å². The van der Waals surface area contributed by atoms with Gasteiger partial charge in [0.1, 0.15) is 11.9 Å².